The van der Waals surface area contributed by atoms with Crippen molar-refractivity contribution in [2.45, 2.75) is 20.4 Å². The molecule has 0 atom stereocenters. The van der Waals surface area contributed by atoms with E-state index < -0.39 is 0 Å². The van der Waals surface area contributed by atoms with E-state index in [9.17, 15) is 4.39 Å². The SMILES string of the molecule is CC.NCc1cnc2c(F)cc(Br)cn12. The van der Waals surface area contributed by atoms with Crippen LogP contribution < -0.4 is 5.73 Å². The number of nitrogens with zero attached hydrogens (tertiary/aromatic N) is 2. The van der Waals surface area contributed by atoms with Crippen LogP contribution in [0.2, 0.25) is 0 Å². The fraction of sp³-hybridized carbons (Fsp3) is 0.300. The highest BCUT2D eigenvalue weighted by Crippen LogP contribution is 2.17. The van der Waals surface area contributed by atoms with Crippen LogP contribution in [0.3, 0.4) is 0 Å². The second kappa shape index (κ2) is 5.23. The summed E-state index contributed by atoms with van der Waals surface area (Å²) < 4.78 is 15.6. The predicted octanol–water partition coefficient (Wildman–Crippen LogP) is 2.72. The van der Waals surface area contributed by atoms with E-state index in [-0.39, 0.29) is 5.82 Å². The summed E-state index contributed by atoms with van der Waals surface area (Å²) in [5.74, 6) is -0.353. The zero-order valence-electron chi connectivity index (χ0n) is 8.67. The number of fused-ring (bicyclic) bond motifs is 1. The van der Waals surface area contributed by atoms with Gasteiger partial charge in [-0.25, -0.2) is 9.37 Å². The van der Waals surface area contributed by atoms with Crippen molar-refractivity contribution in [1.29, 1.82) is 0 Å². The Morgan fingerprint density at radius 2 is 2.20 bits per heavy atom. The van der Waals surface area contributed by atoms with E-state index in [2.05, 4.69) is 20.9 Å². The van der Waals surface area contributed by atoms with E-state index in [1.54, 1.807) is 16.8 Å². The van der Waals surface area contributed by atoms with Crippen LogP contribution in [-0.4, -0.2) is 9.38 Å². The maximum absolute atomic E-state index is 13.2. The molecule has 0 saturated heterocycles. The molecule has 0 amide bonds. The zero-order chi connectivity index (χ0) is 11.4. The van der Waals surface area contributed by atoms with Gasteiger partial charge in [0, 0.05) is 17.2 Å². The molecule has 5 heteroatoms. The minimum absolute atomic E-state index is 0.309. The molecule has 0 radical (unpaired) electrons. The molecular formula is C10H13BrFN3. The molecule has 0 aliphatic rings. The van der Waals surface area contributed by atoms with E-state index >= 15 is 0 Å². The molecule has 82 valence electrons. The molecule has 0 aromatic carbocycles. The van der Waals surface area contributed by atoms with Crippen molar-refractivity contribution in [2.75, 3.05) is 0 Å². The van der Waals surface area contributed by atoms with Crippen LogP contribution in [0.25, 0.3) is 5.65 Å². The van der Waals surface area contributed by atoms with E-state index in [0.717, 1.165) is 5.69 Å². The normalized spacial score (nSPS) is 9.93. The number of aromatic nitrogens is 2. The number of nitrogens with two attached hydrogens (primary N) is 1. The van der Waals surface area contributed by atoms with Crippen molar-refractivity contribution in [3.8, 4) is 0 Å². The van der Waals surface area contributed by atoms with Gasteiger partial charge in [0.1, 0.15) is 0 Å². The lowest BCUT2D eigenvalue weighted by molar-refractivity contribution is 0.628. The molecule has 0 aliphatic heterocycles. The third-order valence-electron chi connectivity index (χ3n) is 1.81. The van der Waals surface area contributed by atoms with Gasteiger partial charge in [-0.2, -0.15) is 0 Å². The first-order valence-electron chi connectivity index (χ1n) is 4.73. The van der Waals surface area contributed by atoms with Crippen LogP contribution in [0.1, 0.15) is 19.5 Å². The van der Waals surface area contributed by atoms with Gasteiger partial charge in [0.05, 0.1) is 11.9 Å². The molecule has 0 bridgehead atoms. The summed E-state index contributed by atoms with van der Waals surface area (Å²) in [6.45, 7) is 4.34. The fourth-order valence-electron chi connectivity index (χ4n) is 1.21. The van der Waals surface area contributed by atoms with Crippen molar-refractivity contribution in [1.82, 2.24) is 9.38 Å². The van der Waals surface area contributed by atoms with E-state index in [1.165, 1.54) is 6.07 Å². The highest BCUT2D eigenvalue weighted by Gasteiger charge is 2.07. The second-order valence-electron chi connectivity index (χ2n) is 2.65. The molecule has 0 unspecified atom stereocenters. The standard InChI is InChI=1S/C8H7BrFN3.C2H6/c9-5-1-7(10)8-12-3-6(2-11)13(8)4-5;1-2/h1,3-4H,2,11H2;1-2H3. The monoisotopic (exact) mass is 273 g/mol. The average molecular weight is 274 g/mol. The van der Waals surface area contributed by atoms with Gasteiger partial charge in [-0.05, 0) is 22.0 Å². The highest BCUT2D eigenvalue weighted by atomic mass is 79.9. The van der Waals surface area contributed by atoms with Crippen molar-refractivity contribution in [2.24, 2.45) is 5.73 Å². The summed E-state index contributed by atoms with van der Waals surface area (Å²) in [6.07, 6.45) is 3.32. The van der Waals surface area contributed by atoms with E-state index in [0.29, 0.717) is 16.7 Å². The summed E-state index contributed by atoms with van der Waals surface area (Å²) in [7, 11) is 0. The molecule has 3 nitrogen and oxygen atoms in total. The number of pyridine rings is 1. The first-order valence-corrected chi connectivity index (χ1v) is 5.52. The van der Waals surface area contributed by atoms with Crippen molar-refractivity contribution in [3.63, 3.8) is 0 Å². The lowest BCUT2D eigenvalue weighted by atomic mass is 10.4. The smallest absolute Gasteiger partial charge is 0.173 e. The predicted molar refractivity (Wildman–Crippen MR) is 62.1 cm³/mol. The van der Waals surface area contributed by atoms with Crippen molar-refractivity contribution < 1.29 is 4.39 Å². The molecule has 0 spiro atoms. The van der Waals surface area contributed by atoms with Crippen LogP contribution in [0.5, 0.6) is 0 Å². The van der Waals surface area contributed by atoms with Crippen molar-refractivity contribution >= 4 is 21.6 Å². The Balaban J connectivity index is 0.000000531. The van der Waals surface area contributed by atoms with Gasteiger partial charge in [-0.15, -0.1) is 0 Å². The zero-order valence-corrected chi connectivity index (χ0v) is 10.3. The molecule has 2 heterocycles. The average Bonchev–Trinajstić information content (AvgIpc) is 2.64. The third-order valence-corrected chi connectivity index (χ3v) is 2.25. The Labute approximate surface area is 96.2 Å². The van der Waals surface area contributed by atoms with Crippen LogP contribution >= 0.6 is 15.9 Å². The summed E-state index contributed by atoms with van der Waals surface area (Å²) >= 11 is 3.20. The van der Waals surface area contributed by atoms with Gasteiger partial charge in [-0.3, -0.25) is 4.40 Å². The van der Waals surface area contributed by atoms with Gasteiger partial charge in [-0.1, -0.05) is 13.8 Å². The van der Waals surface area contributed by atoms with Crippen LogP contribution in [0, 0.1) is 5.82 Å². The number of hydrogen-bond acceptors (Lipinski definition) is 2. The molecular weight excluding hydrogens is 261 g/mol. The lowest BCUT2D eigenvalue weighted by Gasteiger charge is -1.99. The van der Waals surface area contributed by atoms with Crippen LogP contribution in [-0.2, 0) is 6.54 Å². The number of hydrogen-bond donors (Lipinski definition) is 1. The molecule has 2 rings (SSSR count). The molecule has 2 aromatic rings. The first-order chi connectivity index (χ1) is 7.22. The molecule has 15 heavy (non-hydrogen) atoms. The molecule has 0 saturated carbocycles. The van der Waals surface area contributed by atoms with Gasteiger partial charge in [0.2, 0.25) is 0 Å². The second-order valence-corrected chi connectivity index (χ2v) is 3.57. The number of halogens is 2. The third kappa shape index (κ3) is 2.35. The van der Waals surface area contributed by atoms with Gasteiger partial charge in [0.15, 0.2) is 11.5 Å². The number of imidazole rings is 1. The summed E-state index contributed by atoms with van der Waals surface area (Å²) in [4.78, 5) is 3.92. The van der Waals surface area contributed by atoms with Gasteiger partial charge in [0.25, 0.3) is 0 Å². The number of rotatable bonds is 1. The maximum Gasteiger partial charge on any atom is 0.173 e. The van der Waals surface area contributed by atoms with Crippen LogP contribution in [0.4, 0.5) is 4.39 Å². The fourth-order valence-corrected chi connectivity index (χ4v) is 1.62. The maximum atomic E-state index is 13.2. The van der Waals surface area contributed by atoms with E-state index in [4.69, 9.17) is 5.73 Å². The summed E-state index contributed by atoms with van der Waals surface area (Å²) in [5.41, 5.74) is 6.56. The molecule has 2 aromatic heterocycles. The Hall–Kier alpha value is -0.940. The molecule has 2 N–H and O–H groups in total. The Bertz CT molecular complexity index is 453. The van der Waals surface area contributed by atoms with E-state index in [1.807, 2.05) is 13.8 Å². The topological polar surface area (TPSA) is 43.3 Å². The summed E-state index contributed by atoms with van der Waals surface area (Å²) in [5, 5.41) is 0. The Morgan fingerprint density at radius 1 is 1.53 bits per heavy atom. The van der Waals surface area contributed by atoms with Gasteiger partial charge < -0.3 is 5.73 Å². The minimum atomic E-state index is -0.353. The first kappa shape index (κ1) is 12.1. The van der Waals surface area contributed by atoms with Crippen molar-refractivity contribution in [3.05, 3.63) is 34.4 Å². The molecule has 0 fully saturated rings. The van der Waals surface area contributed by atoms with Gasteiger partial charge >= 0.3 is 0 Å². The lowest BCUT2D eigenvalue weighted by Crippen LogP contribution is -2.01. The highest BCUT2D eigenvalue weighted by molar-refractivity contribution is 9.10. The minimum Gasteiger partial charge on any atom is -0.325 e. The van der Waals surface area contributed by atoms with Crippen LogP contribution in [0.15, 0.2) is 22.9 Å². The molecule has 0 aliphatic carbocycles. The quantitative estimate of drug-likeness (QED) is 0.868. The Morgan fingerprint density at radius 3 is 2.80 bits per heavy atom. The Kier molecular flexibility index (Phi) is 4.23. The summed E-state index contributed by atoms with van der Waals surface area (Å²) in [6, 6.07) is 1.38. The largest absolute Gasteiger partial charge is 0.325 e.